The maximum absolute atomic E-state index is 14.9. The highest BCUT2D eigenvalue weighted by molar-refractivity contribution is 5.77. The number of aliphatic hydroxyl groups is 16. The molecule has 0 aromatic rings. The second-order valence-electron chi connectivity index (χ2n) is 23.5. The summed E-state index contributed by atoms with van der Waals surface area (Å²) < 4.78 is 60.3. The van der Waals surface area contributed by atoms with E-state index in [9.17, 15) is 86.5 Å². The number of hydrogen-bond acceptors (Lipinski definition) is 27. The van der Waals surface area contributed by atoms with Gasteiger partial charge in [-0.15, -0.1) is 0 Å². The van der Waals surface area contributed by atoms with E-state index in [1.807, 2.05) is 6.92 Å². The summed E-state index contributed by atoms with van der Waals surface area (Å²) in [4.78, 5) is 14.9. The molecule has 16 N–H and O–H groups in total. The summed E-state index contributed by atoms with van der Waals surface area (Å²) in [7, 11) is 0. The Morgan fingerprint density at radius 3 is 1.53 bits per heavy atom. The van der Waals surface area contributed by atoms with Crippen LogP contribution in [0.2, 0.25) is 0 Å². The molecule has 77 heavy (non-hydrogen) atoms. The molecule has 2 bridgehead atoms. The van der Waals surface area contributed by atoms with Crippen molar-refractivity contribution in [3.05, 3.63) is 12.2 Å². The summed E-state index contributed by atoms with van der Waals surface area (Å²) in [5.74, 6) is -0.979. The maximum atomic E-state index is 14.9. The molecule has 25 unspecified atom stereocenters. The molecule has 9 rings (SSSR count). The van der Waals surface area contributed by atoms with Gasteiger partial charge in [-0.25, -0.2) is 0 Å². The molecule has 27 heteroatoms. The van der Waals surface area contributed by atoms with Crippen molar-refractivity contribution in [2.24, 2.45) is 28.1 Å². The summed E-state index contributed by atoms with van der Waals surface area (Å²) in [6.45, 7) is 4.74. The zero-order valence-corrected chi connectivity index (χ0v) is 43.0. The minimum atomic E-state index is -1.93. The monoisotopic (exact) mass is 1110 g/mol. The number of rotatable bonds is 15. The second-order valence-corrected chi connectivity index (χ2v) is 23.5. The first-order chi connectivity index (χ1) is 36.4. The largest absolute Gasteiger partial charge is 0.432 e. The van der Waals surface area contributed by atoms with Gasteiger partial charge in [0.25, 0.3) is 0 Å². The van der Waals surface area contributed by atoms with Gasteiger partial charge in [0.05, 0.1) is 50.2 Å². The molecule has 4 aliphatic carbocycles. The van der Waals surface area contributed by atoms with Crippen molar-refractivity contribution in [3.8, 4) is 0 Å². The van der Waals surface area contributed by atoms with Crippen molar-refractivity contribution in [2.45, 2.75) is 231 Å². The first-order valence-electron chi connectivity index (χ1n) is 26.8. The van der Waals surface area contributed by atoms with Crippen LogP contribution in [0.1, 0.15) is 78.1 Å². The Morgan fingerprint density at radius 1 is 0.532 bits per heavy atom. The molecule has 4 saturated carbocycles. The van der Waals surface area contributed by atoms with E-state index in [2.05, 4.69) is 13.5 Å². The van der Waals surface area contributed by atoms with Crippen molar-refractivity contribution in [2.75, 3.05) is 33.0 Å². The minimum absolute atomic E-state index is 0.00622. The summed E-state index contributed by atoms with van der Waals surface area (Å²) in [5.41, 5.74) is -2.33. The quantitative estimate of drug-likeness (QED) is 0.0412. The van der Waals surface area contributed by atoms with Crippen LogP contribution in [0.15, 0.2) is 12.2 Å². The summed E-state index contributed by atoms with van der Waals surface area (Å²) >= 11 is 0. The molecule has 5 heterocycles. The number of fused-ring (bicyclic) bond motifs is 3. The molecule has 0 amide bonds. The standard InChI is InChI=1S/C50H80O27/c1-19-12-49-9-5-27-47(2,7-4-8-48(27,3)46(67)76-45-40(36(64)32(60)26(17-55)73-45)75-43-38(66)34(62)30(58)24(15-53)71-43)28(49)6-10-50(19,18-49)77-41-21(11-20(56)22(13-51)69-41)68-44-39(35(63)31(59)25(16-54)72-44)74-42-37(65)33(61)29(57)23(14-52)70-42/h20-45,51-66H,1,4-18H2,2-3H3/t20?,21?,22?,23?,24?,25?,26?,27?,28-,29?,30?,31?,32?,33?,34?,35?,36?,37?,38?,39?,40?,41?,42?,43?,44?,45?,47+,48+,49+,50-/m0/s1. The molecule has 0 aromatic carbocycles. The third-order valence-electron chi connectivity index (χ3n) is 19.1. The highest BCUT2D eigenvalue weighted by Gasteiger charge is 2.69. The van der Waals surface area contributed by atoms with Crippen LogP contribution in [0, 0.1) is 28.1 Å². The second kappa shape index (κ2) is 23.1. The van der Waals surface area contributed by atoms with E-state index >= 15 is 0 Å². The van der Waals surface area contributed by atoms with Crippen LogP contribution in [0.5, 0.6) is 0 Å². The van der Waals surface area contributed by atoms with Crippen LogP contribution < -0.4 is 0 Å². The lowest BCUT2D eigenvalue weighted by Crippen LogP contribution is -2.65. The van der Waals surface area contributed by atoms with Crippen LogP contribution in [-0.4, -0.2) is 274 Å². The zero-order chi connectivity index (χ0) is 55.8. The molecular formula is C50H80O27. The Bertz CT molecular complexity index is 2040. The van der Waals surface area contributed by atoms with Crippen LogP contribution >= 0.6 is 0 Å². The van der Waals surface area contributed by atoms with Crippen LogP contribution in [0.3, 0.4) is 0 Å². The third kappa shape index (κ3) is 10.5. The van der Waals surface area contributed by atoms with E-state index in [1.54, 1.807) is 0 Å². The van der Waals surface area contributed by atoms with E-state index in [-0.39, 0.29) is 18.3 Å². The highest BCUT2D eigenvalue weighted by atomic mass is 16.8. The first-order valence-corrected chi connectivity index (χ1v) is 26.8. The van der Waals surface area contributed by atoms with Crippen LogP contribution in [0.25, 0.3) is 0 Å². The Labute approximate surface area is 443 Å². The topological polar surface area (TPSA) is 433 Å². The predicted molar refractivity (Wildman–Crippen MR) is 250 cm³/mol. The number of esters is 1. The average Bonchev–Trinajstić information content (AvgIpc) is 3.60. The van der Waals surface area contributed by atoms with E-state index in [0.717, 1.165) is 12.0 Å². The lowest BCUT2D eigenvalue weighted by atomic mass is 9.41. The van der Waals surface area contributed by atoms with E-state index in [1.165, 1.54) is 0 Å². The smallest absolute Gasteiger partial charge is 0.314 e. The summed E-state index contributed by atoms with van der Waals surface area (Å²) in [6.07, 6.45) is -35.1. The first kappa shape index (κ1) is 59.8. The Hall–Kier alpha value is -1.79. The van der Waals surface area contributed by atoms with Crippen molar-refractivity contribution < 1.29 is 134 Å². The molecule has 1 spiro atoms. The SMILES string of the molecule is C=C1C[C@@]23CCC4[C@](C)(C(=O)OC5OC(CO)C(O)C(O)C5OC5OC(CO)C(O)C(O)C5O)CCC[C@@]4(C)[C@@H]2CC[C@]1(OC1OC(CO)C(O)CC1OC1OC(CO)C(O)C(O)C1OC1OC(CO)C(O)C(O)C1O)C3. The average molecular weight is 1110 g/mol. The molecule has 442 valence electrons. The zero-order valence-electron chi connectivity index (χ0n) is 43.0. The third-order valence-corrected chi connectivity index (χ3v) is 19.1. The van der Waals surface area contributed by atoms with Crippen LogP contribution in [-0.2, 0) is 52.2 Å². The van der Waals surface area contributed by atoms with Crippen molar-refractivity contribution in [3.63, 3.8) is 0 Å². The maximum Gasteiger partial charge on any atom is 0.314 e. The molecule has 0 radical (unpaired) electrons. The number of hydrogen-bond donors (Lipinski definition) is 16. The van der Waals surface area contributed by atoms with E-state index in [4.69, 9.17) is 47.4 Å². The Kier molecular flexibility index (Phi) is 17.9. The molecule has 9 aliphatic rings. The van der Waals surface area contributed by atoms with Crippen molar-refractivity contribution >= 4 is 5.97 Å². The van der Waals surface area contributed by atoms with Gasteiger partial charge in [-0.1, -0.05) is 19.9 Å². The summed E-state index contributed by atoms with van der Waals surface area (Å²) in [5, 5.41) is 169. The molecule has 5 aliphatic heterocycles. The van der Waals surface area contributed by atoms with Gasteiger partial charge >= 0.3 is 5.97 Å². The Morgan fingerprint density at radius 2 is 1.00 bits per heavy atom. The fourth-order valence-electron chi connectivity index (χ4n) is 14.9. The summed E-state index contributed by atoms with van der Waals surface area (Å²) in [6, 6.07) is 0. The normalized spacial score (nSPS) is 54.1. The van der Waals surface area contributed by atoms with Crippen molar-refractivity contribution in [1.29, 1.82) is 0 Å². The van der Waals surface area contributed by atoms with Gasteiger partial charge in [0.1, 0.15) is 104 Å². The van der Waals surface area contributed by atoms with Gasteiger partial charge in [-0.2, -0.15) is 0 Å². The molecule has 0 aromatic heterocycles. The van der Waals surface area contributed by atoms with E-state index < -0.39 is 208 Å². The molecule has 30 atom stereocenters. The molecule has 5 saturated heterocycles. The van der Waals surface area contributed by atoms with Gasteiger partial charge in [0, 0.05) is 6.42 Å². The lowest BCUT2D eigenvalue weighted by Gasteiger charge is -2.64. The Balaban J connectivity index is 0.927. The number of carbonyl (C=O) groups is 1. The van der Waals surface area contributed by atoms with Crippen molar-refractivity contribution in [1.82, 2.24) is 0 Å². The number of aliphatic hydroxyl groups excluding tert-OH is 16. The van der Waals surface area contributed by atoms with Gasteiger partial charge in [-0.3, -0.25) is 4.79 Å². The lowest BCUT2D eigenvalue weighted by molar-refractivity contribution is -0.389. The molecular weight excluding hydrogens is 1030 g/mol. The number of carbonyl (C=O) groups excluding carboxylic acids is 1. The molecule has 9 fully saturated rings. The van der Waals surface area contributed by atoms with Crippen LogP contribution in [0.4, 0.5) is 0 Å². The van der Waals surface area contributed by atoms with Gasteiger partial charge in [0.15, 0.2) is 31.3 Å². The van der Waals surface area contributed by atoms with Gasteiger partial charge < -0.3 is 129 Å². The van der Waals surface area contributed by atoms with E-state index in [0.29, 0.717) is 51.4 Å². The van der Waals surface area contributed by atoms with Gasteiger partial charge in [0.2, 0.25) is 6.29 Å². The molecule has 27 nitrogen and oxygen atoms in total. The predicted octanol–water partition coefficient (Wildman–Crippen LogP) is -6.26. The van der Waals surface area contributed by atoms with Gasteiger partial charge in [-0.05, 0) is 86.5 Å². The fraction of sp³-hybridized carbons (Fsp3) is 0.940. The highest BCUT2D eigenvalue weighted by Crippen LogP contribution is 2.74. The minimum Gasteiger partial charge on any atom is -0.432 e. The number of ether oxygens (including phenoxy) is 10. The fourth-order valence-corrected chi connectivity index (χ4v) is 14.9.